The van der Waals surface area contributed by atoms with E-state index in [0.29, 0.717) is 5.25 Å². The van der Waals surface area contributed by atoms with Gasteiger partial charge >= 0.3 is 0 Å². The van der Waals surface area contributed by atoms with Gasteiger partial charge < -0.3 is 5.32 Å². The molecule has 1 unspecified atom stereocenters. The van der Waals surface area contributed by atoms with E-state index in [-0.39, 0.29) is 11.9 Å². The van der Waals surface area contributed by atoms with Crippen LogP contribution in [0, 0.1) is 5.82 Å². The average Bonchev–Trinajstić information content (AvgIpc) is 2.30. The Hall–Kier alpha value is -0.540. The molecule has 0 radical (unpaired) electrons. The maximum absolute atomic E-state index is 13.7. The molecule has 17 heavy (non-hydrogen) atoms. The Morgan fingerprint density at radius 1 is 1.29 bits per heavy atom. The standard InChI is InChI=1S/C14H22FNS/c1-4-9-16-14(10-17-11(2)3)12-7-5-6-8-13(12)15/h5-8,11,14,16H,4,9-10H2,1-3H3. The van der Waals surface area contributed by atoms with Crippen LogP contribution in [0.3, 0.4) is 0 Å². The van der Waals surface area contributed by atoms with Crippen LogP contribution in [0.1, 0.15) is 38.8 Å². The number of nitrogens with one attached hydrogen (secondary N) is 1. The van der Waals surface area contributed by atoms with E-state index < -0.39 is 0 Å². The summed E-state index contributed by atoms with van der Waals surface area (Å²) in [4.78, 5) is 0. The predicted octanol–water partition coefficient (Wildman–Crippen LogP) is 4.01. The van der Waals surface area contributed by atoms with E-state index in [4.69, 9.17) is 0 Å². The number of hydrogen-bond acceptors (Lipinski definition) is 2. The summed E-state index contributed by atoms with van der Waals surface area (Å²) in [6, 6.07) is 7.17. The molecule has 1 N–H and O–H groups in total. The van der Waals surface area contributed by atoms with Gasteiger partial charge in [-0.1, -0.05) is 39.0 Å². The Morgan fingerprint density at radius 2 is 2.00 bits per heavy atom. The van der Waals surface area contributed by atoms with Crippen LogP contribution in [0.25, 0.3) is 0 Å². The summed E-state index contributed by atoms with van der Waals surface area (Å²) in [5, 5.41) is 4.00. The van der Waals surface area contributed by atoms with Crippen molar-refractivity contribution in [1.82, 2.24) is 5.32 Å². The third-order valence-electron chi connectivity index (χ3n) is 2.52. The van der Waals surface area contributed by atoms with Crippen LogP contribution in [0.4, 0.5) is 4.39 Å². The van der Waals surface area contributed by atoms with Crippen LogP contribution >= 0.6 is 11.8 Å². The molecule has 3 heteroatoms. The first-order valence-corrected chi connectivity index (χ1v) is 7.29. The molecule has 0 aliphatic heterocycles. The van der Waals surface area contributed by atoms with Gasteiger partial charge in [-0.15, -0.1) is 0 Å². The summed E-state index contributed by atoms with van der Waals surface area (Å²) >= 11 is 1.86. The molecule has 0 saturated heterocycles. The van der Waals surface area contributed by atoms with Crippen LogP contribution in [0.2, 0.25) is 0 Å². The van der Waals surface area contributed by atoms with Gasteiger partial charge in [-0.05, 0) is 24.3 Å². The predicted molar refractivity (Wildman–Crippen MR) is 75.0 cm³/mol. The molecular formula is C14H22FNS. The first-order chi connectivity index (χ1) is 8.15. The minimum absolute atomic E-state index is 0.106. The van der Waals surface area contributed by atoms with E-state index >= 15 is 0 Å². The zero-order valence-corrected chi connectivity index (χ0v) is 11.7. The van der Waals surface area contributed by atoms with Gasteiger partial charge in [0.05, 0.1) is 0 Å². The van der Waals surface area contributed by atoms with Crippen molar-refractivity contribution in [3.8, 4) is 0 Å². The molecule has 0 spiro atoms. The molecule has 0 fully saturated rings. The van der Waals surface area contributed by atoms with Crippen LogP contribution in [-0.4, -0.2) is 17.5 Å². The van der Waals surface area contributed by atoms with Crippen molar-refractivity contribution in [2.75, 3.05) is 12.3 Å². The topological polar surface area (TPSA) is 12.0 Å². The Balaban J connectivity index is 2.71. The van der Waals surface area contributed by atoms with E-state index in [0.717, 1.165) is 24.3 Å². The van der Waals surface area contributed by atoms with Gasteiger partial charge in [-0.25, -0.2) is 4.39 Å². The first-order valence-electron chi connectivity index (χ1n) is 6.24. The fraction of sp³-hybridized carbons (Fsp3) is 0.571. The molecule has 0 bridgehead atoms. The highest BCUT2D eigenvalue weighted by molar-refractivity contribution is 7.99. The minimum atomic E-state index is -0.106. The quantitative estimate of drug-likeness (QED) is 0.790. The summed E-state index contributed by atoms with van der Waals surface area (Å²) < 4.78 is 13.7. The summed E-state index contributed by atoms with van der Waals surface area (Å²) in [6.45, 7) is 7.39. The van der Waals surface area contributed by atoms with Gasteiger partial charge in [0.25, 0.3) is 0 Å². The second-order valence-electron chi connectivity index (χ2n) is 4.41. The van der Waals surface area contributed by atoms with Gasteiger partial charge in [0.1, 0.15) is 5.82 Å². The van der Waals surface area contributed by atoms with Crippen LogP contribution in [0.5, 0.6) is 0 Å². The zero-order chi connectivity index (χ0) is 12.7. The smallest absolute Gasteiger partial charge is 0.128 e. The van der Waals surface area contributed by atoms with Crippen molar-refractivity contribution in [1.29, 1.82) is 0 Å². The van der Waals surface area contributed by atoms with E-state index in [2.05, 4.69) is 26.1 Å². The van der Waals surface area contributed by atoms with E-state index in [1.54, 1.807) is 6.07 Å². The lowest BCUT2D eigenvalue weighted by atomic mass is 10.1. The van der Waals surface area contributed by atoms with Crippen molar-refractivity contribution in [2.24, 2.45) is 0 Å². The molecule has 1 atom stereocenters. The van der Waals surface area contributed by atoms with Crippen LogP contribution in [-0.2, 0) is 0 Å². The van der Waals surface area contributed by atoms with Crippen molar-refractivity contribution >= 4 is 11.8 Å². The number of halogens is 1. The van der Waals surface area contributed by atoms with Crippen molar-refractivity contribution in [2.45, 2.75) is 38.5 Å². The highest BCUT2D eigenvalue weighted by atomic mass is 32.2. The van der Waals surface area contributed by atoms with E-state index in [1.807, 2.05) is 23.9 Å². The fourth-order valence-corrected chi connectivity index (χ4v) is 2.50. The second-order valence-corrected chi connectivity index (χ2v) is 6.02. The van der Waals surface area contributed by atoms with Gasteiger partial charge in [-0.3, -0.25) is 0 Å². The molecule has 0 aliphatic rings. The van der Waals surface area contributed by atoms with E-state index in [9.17, 15) is 4.39 Å². The molecule has 96 valence electrons. The van der Waals surface area contributed by atoms with Gasteiger partial charge in [0.15, 0.2) is 0 Å². The Morgan fingerprint density at radius 3 is 2.59 bits per heavy atom. The number of rotatable bonds is 7. The summed E-state index contributed by atoms with van der Waals surface area (Å²) in [5.41, 5.74) is 0.786. The van der Waals surface area contributed by atoms with Crippen molar-refractivity contribution in [3.05, 3.63) is 35.6 Å². The zero-order valence-electron chi connectivity index (χ0n) is 10.9. The Bertz CT molecular complexity index is 328. The third-order valence-corrected chi connectivity index (χ3v) is 3.71. The van der Waals surface area contributed by atoms with Gasteiger partial charge in [0, 0.05) is 17.4 Å². The Kier molecular flexibility index (Phi) is 6.60. The lowest BCUT2D eigenvalue weighted by molar-refractivity contribution is 0.532. The highest BCUT2D eigenvalue weighted by Gasteiger charge is 2.15. The van der Waals surface area contributed by atoms with Crippen LogP contribution in [0.15, 0.2) is 24.3 Å². The summed E-state index contributed by atoms with van der Waals surface area (Å²) in [6.07, 6.45) is 1.07. The maximum Gasteiger partial charge on any atom is 0.128 e. The lowest BCUT2D eigenvalue weighted by Crippen LogP contribution is -2.25. The highest BCUT2D eigenvalue weighted by Crippen LogP contribution is 2.23. The normalized spacial score (nSPS) is 13.0. The van der Waals surface area contributed by atoms with Gasteiger partial charge in [0.2, 0.25) is 0 Å². The molecule has 0 amide bonds. The minimum Gasteiger partial charge on any atom is -0.309 e. The van der Waals surface area contributed by atoms with Crippen LogP contribution < -0.4 is 5.32 Å². The lowest BCUT2D eigenvalue weighted by Gasteiger charge is -2.20. The Labute approximate surface area is 108 Å². The van der Waals surface area contributed by atoms with Crippen molar-refractivity contribution in [3.63, 3.8) is 0 Å². The summed E-state index contributed by atoms with van der Waals surface area (Å²) in [7, 11) is 0. The van der Waals surface area contributed by atoms with Crippen molar-refractivity contribution < 1.29 is 4.39 Å². The maximum atomic E-state index is 13.7. The third kappa shape index (κ3) is 5.09. The molecular weight excluding hydrogens is 233 g/mol. The number of hydrogen-bond donors (Lipinski definition) is 1. The average molecular weight is 255 g/mol. The number of benzene rings is 1. The molecule has 1 nitrogen and oxygen atoms in total. The number of thioether (sulfide) groups is 1. The molecule has 1 rings (SSSR count). The first kappa shape index (κ1) is 14.5. The molecule has 0 aliphatic carbocycles. The van der Waals surface area contributed by atoms with Gasteiger partial charge in [-0.2, -0.15) is 11.8 Å². The van der Waals surface area contributed by atoms with E-state index in [1.165, 1.54) is 6.07 Å². The monoisotopic (exact) mass is 255 g/mol. The largest absolute Gasteiger partial charge is 0.309 e. The fourth-order valence-electron chi connectivity index (χ4n) is 1.62. The second kappa shape index (κ2) is 7.72. The molecule has 0 heterocycles. The molecule has 0 saturated carbocycles. The molecule has 1 aromatic rings. The molecule has 0 aromatic heterocycles. The summed E-state index contributed by atoms with van der Waals surface area (Å²) in [5.74, 6) is 0.809. The molecule has 1 aromatic carbocycles. The SMILES string of the molecule is CCCNC(CSC(C)C)c1ccccc1F.